The van der Waals surface area contributed by atoms with Crippen LogP contribution in [0.25, 0.3) is 0 Å². The lowest BCUT2D eigenvalue weighted by molar-refractivity contribution is 0.0927. The fourth-order valence-electron chi connectivity index (χ4n) is 1.28. The van der Waals surface area contributed by atoms with Crippen molar-refractivity contribution in [3.63, 3.8) is 0 Å². The van der Waals surface area contributed by atoms with Gasteiger partial charge in [-0.2, -0.15) is 9.65 Å². The molecule has 18 heavy (non-hydrogen) atoms. The Balaban J connectivity index is 2.86. The minimum Gasteiger partial charge on any atom is -0.456 e. The minimum absolute atomic E-state index is 0.110. The third kappa shape index (κ3) is 3.91. The molecule has 0 aliphatic carbocycles. The third-order valence-corrected chi connectivity index (χ3v) is 2.04. The summed E-state index contributed by atoms with van der Waals surface area (Å²) in [5, 5.41) is 10.8. The van der Waals surface area contributed by atoms with Crippen molar-refractivity contribution in [2.24, 2.45) is 0 Å². The molecule has 0 saturated heterocycles. The second-order valence-electron chi connectivity index (χ2n) is 3.33. The quantitative estimate of drug-likeness (QED) is 0.641. The summed E-state index contributed by atoms with van der Waals surface area (Å²) in [7, 11) is 0. The van der Waals surface area contributed by atoms with E-state index in [-0.39, 0.29) is 17.9 Å². The van der Waals surface area contributed by atoms with Crippen molar-refractivity contribution < 1.29 is 13.9 Å². The van der Waals surface area contributed by atoms with Gasteiger partial charge < -0.3 is 10.1 Å². The van der Waals surface area contributed by atoms with Crippen molar-refractivity contribution in [2.45, 2.75) is 13.3 Å². The normalized spacial score (nSPS) is 11.8. The van der Waals surface area contributed by atoms with Gasteiger partial charge in [-0.1, -0.05) is 18.2 Å². The molecule has 1 amide bonds. The molecule has 0 aromatic heterocycles. The van der Waals surface area contributed by atoms with Gasteiger partial charge >= 0.3 is 0 Å². The average molecular weight is 248 g/mol. The molecule has 0 saturated carbocycles. The van der Waals surface area contributed by atoms with Gasteiger partial charge in [0.05, 0.1) is 11.6 Å². The van der Waals surface area contributed by atoms with Gasteiger partial charge in [0.2, 0.25) is 0 Å². The number of nitrogens with zero attached hydrogens (tertiary/aromatic N) is 1. The van der Waals surface area contributed by atoms with Crippen molar-refractivity contribution >= 4 is 5.91 Å². The molecule has 1 aromatic rings. The summed E-state index contributed by atoms with van der Waals surface area (Å²) in [6.45, 7) is 1.56. The first kappa shape index (κ1) is 13.7. The molecule has 1 aromatic carbocycles. The monoisotopic (exact) mass is 248 g/mol. The van der Waals surface area contributed by atoms with Crippen LogP contribution in [-0.2, 0) is 0 Å². The molecule has 0 bridgehead atoms. The number of hydrogen-bond acceptors (Lipinski definition) is 3. The molecular weight excluding hydrogens is 235 g/mol. The molecule has 1 atom stereocenters. The second-order valence-corrected chi connectivity index (χ2v) is 3.33. The van der Waals surface area contributed by atoms with Crippen LogP contribution in [-0.4, -0.2) is 18.8 Å². The van der Waals surface area contributed by atoms with Crippen LogP contribution < -0.4 is 10.1 Å². The molecule has 1 N–H and O–H groups in total. The average Bonchev–Trinajstić information content (AvgIpc) is 2.37. The van der Waals surface area contributed by atoms with E-state index in [1.54, 1.807) is 25.1 Å². The predicted molar refractivity (Wildman–Crippen MR) is 64.7 cm³/mol. The minimum atomic E-state index is -1.61. The molecule has 0 fully saturated rings. The smallest absolute Gasteiger partial charge is 0.257 e. The Kier molecular flexibility index (Phi) is 5.39. The van der Waals surface area contributed by atoms with Gasteiger partial charge in [-0.25, -0.2) is 0 Å². The molecule has 94 valence electrons. The van der Waals surface area contributed by atoms with E-state index in [0.29, 0.717) is 0 Å². The Labute approximate surface area is 105 Å². The molecule has 4 nitrogen and oxygen atoms in total. The SMILES string of the molecule is C/C=C/C(F)Oc1ccccc1C(=O)NCC#N. The van der Waals surface area contributed by atoms with Gasteiger partial charge in [-0.05, 0) is 25.1 Å². The maximum absolute atomic E-state index is 13.3. The summed E-state index contributed by atoms with van der Waals surface area (Å²) in [6.07, 6.45) is 1.13. The van der Waals surface area contributed by atoms with E-state index >= 15 is 0 Å². The summed E-state index contributed by atoms with van der Waals surface area (Å²) in [6, 6.07) is 8.07. The first-order chi connectivity index (χ1) is 8.69. The lowest BCUT2D eigenvalue weighted by atomic mass is 10.2. The molecule has 0 radical (unpaired) electrons. The van der Waals surface area contributed by atoms with E-state index in [9.17, 15) is 9.18 Å². The molecule has 0 heterocycles. The Hall–Kier alpha value is -2.35. The van der Waals surface area contributed by atoms with E-state index in [4.69, 9.17) is 10.00 Å². The predicted octanol–water partition coefficient (Wildman–Crippen LogP) is 2.19. The number of rotatable bonds is 5. The van der Waals surface area contributed by atoms with Crippen molar-refractivity contribution in [1.82, 2.24) is 5.32 Å². The maximum atomic E-state index is 13.3. The summed E-state index contributed by atoms with van der Waals surface area (Å²) in [4.78, 5) is 11.7. The summed E-state index contributed by atoms with van der Waals surface area (Å²) < 4.78 is 18.3. The lowest BCUT2D eigenvalue weighted by Gasteiger charge is -2.11. The van der Waals surface area contributed by atoms with Crippen molar-refractivity contribution in [1.29, 1.82) is 5.26 Å². The zero-order valence-electron chi connectivity index (χ0n) is 9.89. The number of allylic oxidation sites excluding steroid dienone is 1. The van der Waals surface area contributed by atoms with Gasteiger partial charge in [0.25, 0.3) is 12.3 Å². The molecule has 5 heteroatoms. The topological polar surface area (TPSA) is 62.1 Å². The van der Waals surface area contributed by atoms with Crippen molar-refractivity contribution in [2.75, 3.05) is 6.54 Å². The number of nitriles is 1. The van der Waals surface area contributed by atoms with Crippen LogP contribution >= 0.6 is 0 Å². The maximum Gasteiger partial charge on any atom is 0.257 e. The molecule has 1 rings (SSSR count). The van der Waals surface area contributed by atoms with Gasteiger partial charge in [-0.3, -0.25) is 4.79 Å². The second kappa shape index (κ2) is 7.07. The van der Waals surface area contributed by atoms with Crippen LogP contribution in [0.2, 0.25) is 0 Å². The fraction of sp³-hybridized carbons (Fsp3) is 0.231. The Bertz CT molecular complexity index is 480. The van der Waals surface area contributed by atoms with E-state index in [0.717, 1.165) is 0 Å². The van der Waals surface area contributed by atoms with Crippen LogP contribution in [0.3, 0.4) is 0 Å². The molecular formula is C13H13FN2O2. The van der Waals surface area contributed by atoms with Gasteiger partial charge in [0.1, 0.15) is 12.3 Å². The van der Waals surface area contributed by atoms with Crippen molar-refractivity contribution in [3.05, 3.63) is 42.0 Å². The fourth-order valence-corrected chi connectivity index (χ4v) is 1.28. The number of alkyl halides is 1. The van der Waals surface area contributed by atoms with E-state index < -0.39 is 12.3 Å². The Morgan fingerprint density at radius 2 is 2.33 bits per heavy atom. The van der Waals surface area contributed by atoms with E-state index in [1.165, 1.54) is 24.3 Å². The number of carbonyl (C=O) groups is 1. The standard InChI is InChI=1S/C13H13FN2O2/c1-2-5-12(14)18-11-7-4-3-6-10(11)13(17)16-9-8-15/h2-7,12H,9H2,1H3,(H,16,17)/b5-2+. The van der Waals surface area contributed by atoms with Gasteiger partial charge in [0.15, 0.2) is 0 Å². The number of amides is 1. The third-order valence-electron chi connectivity index (χ3n) is 2.04. The Morgan fingerprint density at radius 1 is 1.61 bits per heavy atom. The molecule has 0 aliphatic rings. The highest BCUT2D eigenvalue weighted by Gasteiger charge is 2.13. The number of hydrogen-bond donors (Lipinski definition) is 1. The number of benzene rings is 1. The van der Waals surface area contributed by atoms with Gasteiger partial charge in [0, 0.05) is 0 Å². The zero-order valence-corrected chi connectivity index (χ0v) is 9.89. The summed E-state index contributed by atoms with van der Waals surface area (Å²) >= 11 is 0. The van der Waals surface area contributed by atoms with E-state index in [1.807, 2.05) is 0 Å². The molecule has 0 aliphatic heterocycles. The summed E-state index contributed by atoms with van der Waals surface area (Å²) in [5.41, 5.74) is 0.194. The van der Waals surface area contributed by atoms with E-state index in [2.05, 4.69) is 5.32 Å². The van der Waals surface area contributed by atoms with Crippen LogP contribution in [0.4, 0.5) is 4.39 Å². The number of nitrogens with one attached hydrogen (secondary N) is 1. The Morgan fingerprint density at radius 3 is 3.00 bits per heavy atom. The summed E-state index contributed by atoms with van der Waals surface area (Å²) in [5.74, 6) is -0.335. The first-order valence-corrected chi connectivity index (χ1v) is 5.36. The highest BCUT2D eigenvalue weighted by molar-refractivity contribution is 5.97. The largest absolute Gasteiger partial charge is 0.456 e. The van der Waals surface area contributed by atoms with Crippen LogP contribution in [0.15, 0.2) is 36.4 Å². The van der Waals surface area contributed by atoms with Crippen LogP contribution in [0.1, 0.15) is 17.3 Å². The highest BCUT2D eigenvalue weighted by Crippen LogP contribution is 2.19. The van der Waals surface area contributed by atoms with Crippen molar-refractivity contribution in [3.8, 4) is 11.8 Å². The zero-order chi connectivity index (χ0) is 13.4. The number of halogens is 1. The number of ether oxygens (including phenoxy) is 1. The lowest BCUT2D eigenvalue weighted by Crippen LogP contribution is -2.24. The van der Waals surface area contributed by atoms with Crippen LogP contribution in [0.5, 0.6) is 5.75 Å². The number of para-hydroxylation sites is 1. The van der Waals surface area contributed by atoms with Gasteiger partial charge in [-0.15, -0.1) is 0 Å². The first-order valence-electron chi connectivity index (χ1n) is 5.36. The molecule has 1 unspecified atom stereocenters. The van der Waals surface area contributed by atoms with Crippen LogP contribution in [0, 0.1) is 11.3 Å². The highest BCUT2D eigenvalue weighted by atomic mass is 19.1. The molecule has 0 spiro atoms. The number of carbonyl (C=O) groups excluding carboxylic acids is 1.